The average molecular weight is 258 g/mol. The highest BCUT2D eigenvalue weighted by Crippen LogP contribution is 2.16. The van der Waals surface area contributed by atoms with E-state index in [1.165, 1.54) is 4.68 Å². The minimum Gasteiger partial charge on any atom is -0.306 e. The van der Waals surface area contributed by atoms with Crippen molar-refractivity contribution < 1.29 is 4.79 Å². The quantitative estimate of drug-likeness (QED) is 0.677. The number of nitrogens with one attached hydrogen (secondary N) is 2. The molecule has 3 heterocycles. The van der Waals surface area contributed by atoms with E-state index in [0.29, 0.717) is 17.2 Å². The summed E-state index contributed by atoms with van der Waals surface area (Å²) in [4.78, 5) is 16.0. The molecule has 0 unspecified atom stereocenters. The highest BCUT2D eigenvalue weighted by molar-refractivity contribution is 5.97. The molecule has 0 fully saturated rings. The van der Waals surface area contributed by atoms with Gasteiger partial charge in [0.15, 0.2) is 5.82 Å². The highest BCUT2D eigenvalue weighted by atomic mass is 16.2. The first kappa shape index (κ1) is 11.3. The molecule has 9 heteroatoms. The van der Waals surface area contributed by atoms with Gasteiger partial charge in [0.2, 0.25) is 5.91 Å². The molecule has 0 aliphatic heterocycles. The van der Waals surface area contributed by atoms with E-state index < -0.39 is 0 Å². The van der Waals surface area contributed by atoms with Crippen LogP contribution in [0.2, 0.25) is 0 Å². The second kappa shape index (κ2) is 4.44. The Morgan fingerprint density at radius 3 is 3.21 bits per heavy atom. The van der Waals surface area contributed by atoms with Gasteiger partial charge in [-0.3, -0.25) is 14.9 Å². The Labute approximate surface area is 107 Å². The van der Waals surface area contributed by atoms with Crippen LogP contribution in [0.3, 0.4) is 0 Å². The van der Waals surface area contributed by atoms with Gasteiger partial charge in [0, 0.05) is 6.20 Å². The average Bonchev–Trinajstić information content (AvgIpc) is 2.98. The second-order valence-corrected chi connectivity index (χ2v) is 3.90. The fraction of sp³-hybridized carbons (Fsp3) is 0.200. The van der Waals surface area contributed by atoms with Gasteiger partial charge in [0.25, 0.3) is 0 Å². The maximum absolute atomic E-state index is 11.9. The van der Waals surface area contributed by atoms with E-state index in [4.69, 9.17) is 0 Å². The van der Waals surface area contributed by atoms with Crippen LogP contribution in [0, 0.1) is 6.92 Å². The summed E-state index contributed by atoms with van der Waals surface area (Å²) >= 11 is 0. The molecule has 0 aliphatic carbocycles. The topological polar surface area (TPSA) is 114 Å². The van der Waals surface area contributed by atoms with E-state index in [2.05, 4.69) is 36.0 Å². The van der Waals surface area contributed by atoms with Crippen molar-refractivity contribution in [2.24, 2.45) is 0 Å². The number of carbonyl (C=O) groups is 1. The van der Waals surface area contributed by atoms with Crippen LogP contribution < -0.4 is 5.32 Å². The molecule has 19 heavy (non-hydrogen) atoms. The number of hydrogen-bond donors (Lipinski definition) is 2. The van der Waals surface area contributed by atoms with Crippen molar-refractivity contribution in [3.05, 3.63) is 24.2 Å². The molecule has 0 spiro atoms. The summed E-state index contributed by atoms with van der Waals surface area (Å²) in [6.07, 6.45) is 1.64. The number of rotatable bonds is 3. The number of amides is 1. The Kier molecular flexibility index (Phi) is 2.63. The van der Waals surface area contributed by atoms with E-state index in [1.807, 2.05) is 6.07 Å². The minimum absolute atomic E-state index is 0.0278. The Hall–Kier alpha value is -2.84. The molecule has 0 saturated carbocycles. The number of nitrogens with zero attached hydrogens (tertiary/aromatic N) is 6. The number of tetrazole rings is 1. The molecule has 96 valence electrons. The van der Waals surface area contributed by atoms with E-state index in [1.54, 1.807) is 19.2 Å². The second-order valence-electron chi connectivity index (χ2n) is 3.90. The fourth-order valence-electron chi connectivity index (χ4n) is 1.64. The largest absolute Gasteiger partial charge is 0.306 e. The Bertz CT molecular complexity index is 730. The van der Waals surface area contributed by atoms with Gasteiger partial charge in [-0.25, -0.2) is 4.68 Å². The van der Waals surface area contributed by atoms with Gasteiger partial charge in [0.05, 0.1) is 5.52 Å². The van der Waals surface area contributed by atoms with Gasteiger partial charge in [-0.15, -0.1) is 5.10 Å². The summed E-state index contributed by atoms with van der Waals surface area (Å²) in [6, 6.07) is 3.62. The lowest BCUT2D eigenvalue weighted by molar-refractivity contribution is -0.117. The van der Waals surface area contributed by atoms with E-state index in [9.17, 15) is 4.79 Å². The van der Waals surface area contributed by atoms with Gasteiger partial charge in [0.1, 0.15) is 17.9 Å². The van der Waals surface area contributed by atoms with Crippen LogP contribution in [0.25, 0.3) is 11.0 Å². The number of aromatic amines is 1. The molecule has 3 rings (SSSR count). The summed E-state index contributed by atoms with van der Waals surface area (Å²) in [5, 5.41) is 20.3. The maximum atomic E-state index is 11.9. The Balaban J connectivity index is 1.78. The molecule has 3 aromatic heterocycles. The molecular formula is C10H10N8O. The van der Waals surface area contributed by atoms with E-state index >= 15 is 0 Å². The first-order valence-electron chi connectivity index (χ1n) is 5.56. The standard InChI is InChI=1S/C10H10N8O/c1-6-13-16-17-18(6)5-8(19)12-10-9-7(14-15-10)3-2-4-11-9/h2-4H,5H2,1H3,(H2,12,14,15,19). The summed E-state index contributed by atoms with van der Waals surface area (Å²) in [7, 11) is 0. The third-order valence-corrected chi connectivity index (χ3v) is 2.58. The zero-order valence-corrected chi connectivity index (χ0v) is 10.0. The molecule has 2 N–H and O–H groups in total. The van der Waals surface area contributed by atoms with E-state index in [0.717, 1.165) is 5.52 Å². The van der Waals surface area contributed by atoms with Crippen LogP contribution in [0.15, 0.2) is 18.3 Å². The SMILES string of the molecule is Cc1nnnn1CC(=O)Nc1n[nH]c2cccnc12. The summed E-state index contributed by atoms with van der Waals surface area (Å²) in [6.45, 7) is 1.75. The lowest BCUT2D eigenvalue weighted by Gasteiger charge is -2.02. The third-order valence-electron chi connectivity index (χ3n) is 2.58. The van der Waals surface area contributed by atoms with Crippen molar-refractivity contribution in [1.29, 1.82) is 0 Å². The van der Waals surface area contributed by atoms with Gasteiger partial charge in [-0.2, -0.15) is 5.10 Å². The number of fused-ring (bicyclic) bond motifs is 1. The molecule has 0 aromatic carbocycles. The van der Waals surface area contributed by atoms with Crippen molar-refractivity contribution in [2.45, 2.75) is 13.5 Å². The van der Waals surface area contributed by atoms with Gasteiger partial charge < -0.3 is 5.32 Å². The van der Waals surface area contributed by atoms with Gasteiger partial charge >= 0.3 is 0 Å². The fourth-order valence-corrected chi connectivity index (χ4v) is 1.64. The number of aromatic nitrogens is 7. The molecule has 0 atom stereocenters. The first-order valence-corrected chi connectivity index (χ1v) is 5.56. The van der Waals surface area contributed by atoms with E-state index in [-0.39, 0.29) is 12.5 Å². The van der Waals surface area contributed by atoms with Crippen molar-refractivity contribution >= 4 is 22.8 Å². The number of carbonyl (C=O) groups excluding carboxylic acids is 1. The van der Waals surface area contributed by atoms with Crippen molar-refractivity contribution in [2.75, 3.05) is 5.32 Å². The minimum atomic E-state index is -0.269. The molecule has 0 aliphatic rings. The first-order chi connectivity index (χ1) is 9.24. The number of H-pyrrole nitrogens is 1. The molecule has 9 nitrogen and oxygen atoms in total. The normalized spacial score (nSPS) is 10.8. The smallest absolute Gasteiger partial charge is 0.247 e. The van der Waals surface area contributed by atoms with Crippen LogP contribution in [-0.2, 0) is 11.3 Å². The molecule has 1 amide bonds. The van der Waals surface area contributed by atoms with Gasteiger partial charge in [-0.05, 0) is 29.5 Å². The predicted molar refractivity (Wildman–Crippen MR) is 65.1 cm³/mol. The lowest BCUT2D eigenvalue weighted by atomic mass is 10.4. The number of aryl methyl sites for hydroxylation is 1. The lowest BCUT2D eigenvalue weighted by Crippen LogP contribution is -2.20. The zero-order valence-electron chi connectivity index (χ0n) is 10.0. The van der Waals surface area contributed by atoms with Crippen molar-refractivity contribution in [1.82, 2.24) is 35.4 Å². The predicted octanol–water partition coefficient (Wildman–Crippen LogP) is -0.108. The van der Waals surface area contributed by atoms with Crippen LogP contribution in [0.1, 0.15) is 5.82 Å². The van der Waals surface area contributed by atoms with Gasteiger partial charge in [-0.1, -0.05) is 0 Å². The maximum Gasteiger partial charge on any atom is 0.247 e. The molecular weight excluding hydrogens is 248 g/mol. The molecule has 0 saturated heterocycles. The van der Waals surface area contributed by atoms with Crippen LogP contribution in [0.5, 0.6) is 0 Å². The van der Waals surface area contributed by atoms with Crippen LogP contribution in [0.4, 0.5) is 5.82 Å². The Morgan fingerprint density at radius 2 is 2.42 bits per heavy atom. The van der Waals surface area contributed by atoms with Crippen molar-refractivity contribution in [3.8, 4) is 0 Å². The number of hydrogen-bond acceptors (Lipinski definition) is 6. The molecule has 0 radical (unpaired) electrons. The van der Waals surface area contributed by atoms with Crippen molar-refractivity contribution in [3.63, 3.8) is 0 Å². The summed E-state index contributed by atoms with van der Waals surface area (Å²) in [5.41, 5.74) is 1.38. The molecule has 0 bridgehead atoms. The van der Waals surface area contributed by atoms with Crippen LogP contribution in [-0.4, -0.2) is 41.3 Å². The highest BCUT2D eigenvalue weighted by Gasteiger charge is 2.12. The molecule has 3 aromatic rings. The number of anilines is 1. The van der Waals surface area contributed by atoms with Crippen LogP contribution >= 0.6 is 0 Å². The third kappa shape index (κ3) is 2.12. The summed E-state index contributed by atoms with van der Waals surface area (Å²) < 4.78 is 1.40. The number of pyridine rings is 1. The Morgan fingerprint density at radius 1 is 1.53 bits per heavy atom. The zero-order chi connectivity index (χ0) is 13.2. The summed E-state index contributed by atoms with van der Waals surface area (Å²) in [5.74, 6) is 0.695. The monoisotopic (exact) mass is 258 g/mol.